The maximum absolute atomic E-state index is 12.3. The van der Waals surface area contributed by atoms with E-state index >= 15 is 0 Å². The van der Waals surface area contributed by atoms with Gasteiger partial charge in [-0.15, -0.1) is 0 Å². The van der Waals surface area contributed by atoms with Crippen LogP contribution in [0.2, 0.25) is 0 Å². The van der Waals surface area contributed by atoms with Gasteiger partial charge in [0.25, 0.3) is 5.56 Å². The van der Waals surface area contributed by atoms with Crippen LogP contribution in [0.1, 0.15) is 11.1 Å². The molecular formula is C16H19N5O3. The summed E-state index contributed by atoms with van der Waals surface area (Å²) in [5, 5.41) is 9.43. The van der Waals surface area contributed by atoms with E-state index in [1.165, 1.54) is 11.6 Å². The highest BCUT2D eigenvalue weighted by Crippen LogP contribution is 2.17. The summed E-state index contributed by atoms with van der Waals surface area (Å²) in [4.78, 5) is 30.4. The van der Waals surface area contributed by atoms with Crippen molar-refractivity contribution in [3.8, 4) is 6.07 Å². The summed E-state index contributed by atoms with van der Waals surface area (Å²) in [6.07, 6.45) is 3.36. The molecule has 0 bridgehead atoms. The minimum absolute atomic E-state index is 0.0698. The molecule has 0 aliphatic heterocycles. The molecule has 24 heavy (non-hydrogen) atoms. The Morgan fingerprint density at radius 3 is 2.67 bits per heavy atom. The number of anilines is 1. The lowest BCUT2D eigenvalue weighted by Gasteiger charge is -2.27. The molecule has 8 heteroatoms. The van der Waals surface area contributed by atoms with Crippen molar-refractivity contribution in [1.29, 1.82) is 5.26 Å². The van der Waals surface area contributed by atoms with Crippen molar-refractivity contribution in [3.63, 3.8) is 0 Å². The zero-order chi connectivity index (χ0) is 17.7. The molecule has 2 aromatic rings. The smallest absolute Gasteiger partial charge is 0.332 e. The first kappa shape index (κ1) is 17.4. The second-order valence-corrected chi connectivity index (χ2v) is 5.29. The third kappa shape index (κ3) is 3.36. The van der Waals surface area contributed by atoms with Gasteiger partial charge in [0, 0.05) is 46.7 Å². The molecule has 8 nitrogen and oxygen atoms in total. The fraction of sp³-hybridized carbons (Fsp3) is 0.375. The Morgan fingerprint density at radius 2 is 2.08 bits per heavy atom. The van der Waals surface area contributed by atoms with Gasteiger partial charge in [-0.05, 0) is 11.6 Å². The Bertz CT molecular complexity index is 864. The third-order valence-electron chi connectivity index (χ3n) is 3.71. The van der Waals surface area contributed by atoms with Gasteiger partial charge in [0.2, 0.25) is 0 Å². The molecule has 0 saturated carbocycles. The largest absolute Gasteiger partial charge is 0.383 e. The molecule has 0 atom stereocenters. The lowest BCUT2D eigenvalue weighted by molar-refractivity contribution is 0.204. The highest BCUT2D eigenvalue weighted by atomic mass is 16.5. The van der Waals surface area contributed by atoms with E-state index in [1.807, 2.05) is 12.1 Å². The predicted octanol–water partition coefficient (Wildman–Crippen LogP) is 0.00368. The zero-order valence-electron chi connectivity index (χ0n) is 13.9. The monoisotopic (exact) mass is 329 g/mol. The summed E-state index contributed by atoms with van der Waals surface area (Å²) in [5.41, 5.74) is -0.267. The molecule has 0 fully saturated rings. The van der Waals surface area contributed by atoms with Crippen LogP contribution < -0.4 is 16.1 Å². The predicted molar refractivity (Wildman–Crippen MR) is 88.8 cm³/mol. The van der Waals surface area contributed by atoms with Crippen molar-refractivity contribution in [3.05, 3.63) is 56.5 Å². The maximum atomic E-state index is 12.3. The number of methoxy groups -OCH3 is 1. The first-order valence-corrected chi connectivity index (χ1v) is 7.34. The first-order chi connectivity index (χ1) is 11.5. The second-order valence-electron chi connectivity index (χ2n) is 5.29. The minimum atomic E-state index is -0.607. The molecule has 0 unspecified atom stereocenters. The molecule has 2 rings (SSSR count). The van der Waals surface area contributed by atoms with E-state index in [9.17, 15) is 14.9 Å². The molecule has 0 aliphatic carbocycles. The van der Waals surface area contributed by atoms with Crippen LogP contribution in [0.4, 0.5) is 5.82 Å². The third-order valence-corrected chi connectivity index (χ3v) is 3.71. The van der Waals surface area contributed by atoms with Crippen molar-refractivity contribution in [1.82, 2.24) is 14.1 Å². The van der Waals surface area contributed by atoms with E-state index in [1.54, 1.807) is 37.5 Å². The average molecular weight is 329 g/mol. The number of hydrogen-bond acceptors (Lipinski definition) is 6. The van der Waals surface area contributed by atoms with E-state index in [-0.39, 0.29) is 11.4 Å². The molecule has 0 N–H and O–H groups in total. The van der Waals surface area contributed by atoms with Crippen LogP contribution in [-0.2, 0) is 25.4 Å². The van der Waals surface area contributed by atoms with Crippen LogP contribution in [0.25, 0.3) is 0 Å². The summed E-state index contributed by atoms with van der Waals surface area (Å²) in [6.45, 7) is 1.20. The highest BCUT2D eigenvalue weighted by molar-refractivity contribution is 5.53. The summed E-state index contributed by atoms with van der Waals surface area (Å²) < 4.78 is 7.36. The van der Waals surface area contributed by atoms with Gasteiger partial charge in [-0.2, -0.15) is 5.26 Å². The molecule has 0 amide bonds. The van der Waals surface area contributed by atoms with E-state index in [2.05, 4.69) is 4.98 Å². The molecule has 0 aliphatic rings. The van der Waals surface area contributed by atoms with Crippen molar-refractivity contribution < 1.29 is 4.74 Å². The summed E-state index contributed by atoms with van der Waals surface area (Å²) >= 11 is 0. The van der Waals surface area contributed by atoms with Crippen LogP contribution in [0.15, 0.2) is 34.1 Å². The molecule has 0 aromatic carbocycles. The number of nitriles is 1. The minimum Gasteiger partial charge on any atom is -0.383 e. The van der Waals surface area contributed by atoms with Crippen molar-refractivity contribution in [2.24, 2.45) is 14.1 Å². The second kappa shape index (κ2) is 7.57. The number of aromatic nitrogens is 3. The summed E-state index contributed by atoms with van der Waals surface area (Å²) in [5.74, 6) is 0.284. The number of pyridine rings is 1. The summed E-state index contributed by atoms with van der Waals surface area (Å²) in [6, 6.07) is 5.61. The molecule has 126 valence electrons. The van der Waals surface area contributed by atoms with Crippen molar-refractivity contribution >= 4 is 5.82 Å². The quantitative estimate of drug-likeness (QED) is 0.741. The molecule has 0 saturated heterocycles. The zero-order valence-corrected chi connectivity index (χ0v) is 13.9. The Kier molecular flexibility index (Phi) is 5.50. The number of ether oxygens (including phenoxy) is 1. The number of nitrogens with zero attached hydrogens (tertiary/aromatic N) is 5. The lowest BCUT2D eigenvalue weighted by atomic mass is 10.2. The van der Waals surface area contributed by atoms with Crippen LogP contribution in [0.5, 0.6) is 0 Å². The van der Waals surface area contributed by atoms with E-state index in [0.29, 0.717) is 19.7 Å². The normalized spacial score (nSPS) is 10.4. The van der Waals surface area contributed by atoms with E-state index in [4.69, 9.17) is 4.74 Å². The SMILES string of the molecule is COCCN(Cc1cccnc1)c1c(C#N)c(=O)n(C)c(=O)n1C. The fourth-order valence-corrected chi connectivity index (χ4v) is 2.47. The van der Waals surface area contributed by atoms with E-state index < -0.39 is 11.2 Å². The average Bonchev–Trinajstić information content (AvgIpc) is 2.60. The molecule has 2 aromatic heterocycles. The topological polar surface area (TPSA) is 93.2 Å². The van der Waals surface area contributed by atoms with Crippen LogP contribution in [0, 0.1) is 11.3 Å². The van der Waals surface area contributed by atoms with E-state index in [0.717, 1.165) is 10.1 Å². The maximum Gasteiger partial charge on any atom is 0.332 e. The molecule has 2 heterocycles. The van der Waals surface area contributed by atoms with Gasteiger partial charge < -0.3 is 9.64 Å². The Hall–Kier alpha value is -2.92. The van der Waals surface area contributed by atoms with Crippen LogP contribution in [-0.4, -0.2) is 34.4 Å². The number of rotatable bonds is 6. The highest BCUT2D eigenvalue weighted by Gasteiger charge is 2.21. The van der Waals surface area contributed by atoms with Crippen LogP contribution in [0.3, 0.4) is 0 Å². The molecule has 0 radical (unpaired) electrons. The molecule has 0 spiro atoms. The van der Waals surface area contributed by atoms with Gasteiger partial charge in [-0.1, -0.05) is 6.07 Å². The van der Waals surface area contributed by atoms with Gasteiger partial charge in [0.1, 0.15) is 11.9 Å². The Morgan fingerprint density at radius 1 is 1.33 bits per heavy atom. The Balaban J connectivity index is 2.60. The van der Waals surface area contributed by atoms with Gasteiger partial charge in [0.15, 0.2) is 5.56 Å². The van der Waals surface area contributed by atoms with Crippen LogP contribution >= 0.6 is 0 Å². The molecular weight excluding hydrogens is 310 g/mol. The van der Waals surface area contributed by atoms with Crippen molar-refractivity contribution in [2.45, 2.75) is 6.54 Å². The fourth-order valence-electron chi connectivity index (χ4n) is 2.47. The van der Waals surface area contributed by atoms with Crippen molar-refractivity contribution in [2.75, 3.05) is 25.2 Å². The Labute approximate surface area is 139 Å². The van der Waals surface area contributed by atoms with Gasteiger partial charge >= 0.3 is 5.69 Å². The standard InChI is InChI=1S/C16H19N5O3/c1-19-14(13(9-17)15(22)20(2)16(19)23)21(7-8-24-3)11-12-5-4-6-18-10-12/h4-6,10H,7-8,11H2,1-3H3. The lowest BCUT2D eigenvalue weighted by Crippen LogP contribution is -2.43. The first-order valence-electron chi connectivity index (χ1n) is 7.34. The summed E-state index contributed by atoms with van der Waals surface area (Å²) in [7, 11) is 4.47. The van der Waals surface area contributed by atoms with Gasteiger partial charge in [-0.3, -0.25) is 18.9 Å². The van der Waals surface area contributed by atoms with Gasteiger partial charge in [-0.25, -0.2) is 4.79 Å². The number of hydrogen-bond donors (Lipinski definition) is 0. The van der Waals surface area contributed by atoms with Gasteiger partial charge in [0.05, 0.1) is 6.61 Å².